The molecule has 2 atom stereocenters. The predicted octanol–water partition coefficient (Wildman–Crippen LogP) is 1.78. The van der Waals surface area contributed by atoms with E-state index in [4.69, 9.17) is 5.73 Å². The lowest BCUT2D eigenvalue weighted by molar-refractivity contribution is 0.0699. The quantitative estimate of drug-likeness (QED) is 0.516. The minimum absolute atomic E-state index is 0. The molecular weight excluding hydrogens is 394 g/mol. The molecule has 5 N–H and O–H groups in total. The molecular formula is C17H18ClN3O5S. The lowest BCUT2D eigenvalue weighted by Gasteiger charge is -2.12. The topological polar surface area (TPSA) is 146 Å². The molecule has 1 fully saturated rings. The van der Waals surface area contributed by atoms with E-state index in [9.17, 15) is 23.1 Å². The third kappa shape index (κ3) is 3.01. The van der Waals surface area contributed by atoms with Crippen molar-refractivity contribution in [3.05, 3.63) is 40.3 Å². The number of nitrogens with two attached hydrogens (primary N) is 1. The van der Waals surface area contributed by atoms with E-state index in [0.29, 0.717) is 30.2 Å². The van der Waals surface area contributed by atoms with Crippen LogP contribution in [0, 0.1) is 0 Å². The summed E-state index contributed by atoms with van der Waals surface area (Å²) >= 11 is 0. The number of fused-ring (bicyclic) bond motifs is 3. The van der Waals surface area contributed by atoms with Crippen LogP contribution in [-0.4, -0.2) is 40.8 Å². The average molecular weight is 412 g/mol. The average Bonchev–Trinajstić information content (AvgIpc) is 3.21. The summed E-state index contributed by atoms with van der Waals surface area (Å²) < 4.78 is 25.9. The highest BCUT2D eigenvalue weighted by Crippen LogP contribution is 2.32. The molecule has 2 heterocycles. The predicted molar refractivity (Wildman–Crippen MR) is 103 cm³/mol. The van der Waals surface area contributed by atoms with E-state index in [1.54, 1.807) is 0 Å². The van der Waals surface area contributed by atoms with Gasteiger partial charge >= 0.3 is 5.97 Å². The van der Waals surface area contributed by atoms with Crippen LogP contribution in [0.1, 0.15) is 29.6 Å². The van der Waals surface area contributed by atoms with E-state index < -0.39 is 26.6 Å². The first kappa shape index (κ1) is 19.4. The fourth-order valence-electron chi connectivity index (χ4n) is 3.70. The van der Waals surface area contributed by atoms with E-state index in [1.165, 1.54) is 24.4 Å². The smallest absolute Gasteiger partial charge is 0.337 e. The van der Waals surface area contributed by atoms with Gasteiger partial charge in [-0.3, -0.25) is 4.79 Å². The lowest BCUT2D eigenvalue weighted by Crippen LogP contribution is -2.22. The van der Waals surface area contributed by atoms with Crippen LogP contribution in [0.4, 0.5) is 0 Å². The van der Waals surface area contributed by atoms with Gasteiger partial charge in [0.25, 0.3) is 5.56 Å². The largest absolute Gasteiger partial charge is 0.478 e. The summed E-state index contributed by atoms with van der Waals surface area (Å²) in [6.07, 6.45) is 2.81. The Morgan fingerprint density at radius 1 is 1.26 bits per heavy atom. The Labute approximate surface area is 160 Å². The van der Waals surface area contributed by atoms with Crippen molar-refractivity contribution in [3.8, 4) is 0 Å². The van der Waals surface area contributed by atoms with Gasteiger partial charge < -0.3 is 20.8 Å². The number of halogens is 1. The number of H-pyrrole nitrogens is 2. The molecule has 0 spiro atoms. The van der Waals surface area contributed by atoms with Crippen LogP contribution in [0.25, 0.3) is 21.8 Å². The lowest BCUT2D eigenvalue weighted by atomic mass is 10.1. The second-order valence-electron chi connectivity index (χ2n) is 6.66. The molecule has 1 aliphatic rings. The monoisotopic (exact) mass is 411 g/mol. The minimum atomic E-state index is -3.59. The Balaban J connectivity index is 0.00000210. The van der Waals surface area contributed by atoms with Crippen molar-refractivity contribution in [2.45, 2.75) is 35.4 Å². The summed E-state index contributed by atoms with van der Waals surface area (Å²) in [4.78, 5) is 29.0. The van der Waals surface area contributed by atoms with E-state index in [-0.39, 0.29) is 39.8 Å². The third-order valence-electron chi connectivity index (χ3n) is 5.04. The van der Waals surface area contributed by atoms with Crippen LogP contribution in [0.2, 0.25) is 0 Å². The molecule has 0 amide bonds. The maximum absolute atomic E-state index is 12.9. The number of benzene rings is 1. The van der Waals surface area contributed by atoms with Gasteiger partial charge in [-0.15, -0.1) is 12.4 Å². The summed E-state index contributed by atoms with van der Waals surface area (Å²) in [6, 6.07) is 4.25. The minimum Gasteiger partial charge on any atom is -0.478 e. The summed E-state index contributed by atoms with van der Waals surface area (Å²) in [5, 5.41) is 9.43. The standard InChI is InChI=1S/C17H17N3O5S.ClH/c18-8-1-2-9(5-8)26(24,25)10-3-4-13-11(6-10)14-12(17(22)23)7-19-15(14)16(21)20-13;/h3-4,6-9,19H,1-2,5,18H2,(H,20,21)(H,22,23);1H/t8?,9-;/m0./s1. The first-order valence-corrected chi connectivity index (χ1v) is 9.73. The number of aromatic carboxylic acids is 1. The number of aromatic nitrogens is 2. The zero-order chi connectivity index (χ0) is 18.6. The fraction of sp³-hybridized carbons (Fsp3) is 0.294. The summed E-state index contributed by atoms with van der Waals surface area (Å²) in [6.45, 7) is 0. The maximum atomic E-state index is 12.9. The van der Waals surface area contributed by atoms with Gasteiger partial charge in [0.15, 0.2) is 9.84 Å². The molecule has 10 heteroatoms. The molecule has 1 saturated carbocycles. The van der Waals surface area contributed by atoms with Crippen LogP contribution in [0.15, 0.2) is 34.1 Å². The zero-order valence-electron chi connectivity index (χ0n) is 14.1. The SMILES string of the molecule is Cl.NC1CC[C@H](S(=O)(=O)c2ccc3[nH]c(=O)c4[nH]cc(C(=O)O)c4c3c2)C1. The van der Waals surface area contributed by atoms with E-state index >= 15 is 0 Å². The van der Waals surface area contributed by atoms with E-state index in [0.717, 1.165) is 0 Å². The van der Waals surface area contributed by atoms with E-state index in [1.807, 2.05) is 0 Å². The Kier molecular flexibility index (Phi) is 4.79. The van der Waals surface area contributed by atoms with Crippen molar-refractivity contribution in [2.75, 3.05) is 0 Å². The number of nitrogens with one attached hydrogen (secondary N) is 2. The molecule has 0 radical (unpaired) electrons. The molecule has 144 valence electrons. The highest BCUT2D eigenvalue weighted by molar-refractivity contribution is 7.92. The van der Waals surface area contributed by atoms with Gasteiger partial charge in [-0.1, -0.05) is 0 Å². The highest BCUT2D eigenvalue weighted by atomic mass is 35.5. The number of rotatable bonds is 3. The highest BCUT2D eigenvalue weighted by Gasteiger charge is 2.34. The number of pyridine rings is 1. The van der Waals surface area contributed by atoms with Crippen molar-refractivity contribution < 1.29 is 18.3 Å². The van der Waals surface area contributed by atoms with Crippen molar-refractivity contribution in [1.82, 2.24) is 9.97 Å². The molecule has 1 unspecified atom stereocenters. The Morgan fingerprint density at radius 2 is 2.00 bits per heavy atom. The molecule has 0 aliphatic heterocycles. The summed E-state index contributed by atoms with van der Waals surface area (Å²) in [7, 11) is -3.59. The number of carboxylic acids is 1. The number of hydrogen-bond acceptors (Lipinski definition) is 5. The van der Waals surface area contributed by atoms with Crippen LogP contribution < -0.4 is 11.3 Å². The molecule has 1 aliphatic carbocycles. The van der Waals surface area contributed by atoms with Crippen LogP contribution in [-0.2, 0) is 9.84 Å². The Hall–Kier alpha value is -2.36. The van der Waals surface area contributed by atoms with Gasteiger partial charge in [0, 0.05) is 28.5 Å². The molecule has 0 bridgehead atoms. The fourth-order valence-corrected chi connectivity index (χ4v) is 5.57. The summed E-state index contributed by atoms with van der Waals surface area (Å²) in [5.74, 6) is -1.20. The second kappa shape index (κ2) is 6.66. The number of aromatic amines is 2. The number of carbonyl (C=O) groups is 1. The van der Waals surface area contributed by atoms with Crippen LogP contribution >= 0.6 is 12.4 Å². The van der Waals surface area contributed by atoms with Crippen LogP contribution in [0.5, 0.6) is 0 Å². The normalized spacial score (nSPS) is 20.0. The molecule has 8 nitrogen and oxygen atoms in total. The number of hydrogen-bond donors (Lipinski definition) is 4. The van der Waals surface area contributed by atoms with Crippen molar-refractivity contribution in [3.63, 3.8) is 0 Å². The molecule has 4 rings (SSSR count). The van der Waals surface area contributed by atoms with E-state index in [2.05, 4.69) is 9.97 Å². The number of sulfone groups is 1. The first-order valence-electron chi connectivity index (χ1n) is 8.19. The molecule has 2 aromatic heterocycles. The Bertz CT molecular complexity index is 1210. The van der Waals surface area contributed by atoms with Gasteiger partial charge in [0.1, 0.15) is 5.52 Å². The molecule has 27 heavy (non-hydrogen) atoms. The van der Waals surface area contributed by atoms with Gasteiger partial charge in [0.2, 0.25) is 0 Å². The van der Waals surface area contributed by atoms with Crippen molar-refractivity contribution in [1.29, 1.82) is 0 Å². The maximum Gasteiger partial charge on any atom is 0.337 e. The van der Waals surface area contributed by atoms with Gasteiger partial charge in [0.05, 0.1) is 15.7 Å². The molecule has 1 aromatic carbocycles. The third-order valence-corrected chi connectivity index (χ3v) is 7.26. The Morgan fingerprint density at radius 3 is 2.63 bits per heavy atom. The van der Waals surface area contributed by atoms with Crippen LogP contribution in [0.3, 0.4) is 0 Å². The van der Waals surface area contributed by atoms with Crippen molar-refractivity contribution in [2.24, 2.45) is 5.73 Å². The summed E-state index contributed by atoms with van der Waals surface area (Å²) in [5.41, 5.74) is 5.80. The first-order chi connectivity index (χ1) is 12.3. The number of carboxylic acid groups (broad SMARTS) is 1. The second-order valence-corrected chi connectivity index (χ2v) is 8.89. The molecule has 3 aromatic rings. The zero-order valence-corrected chi connectivity index (χ0v) is 15.7. The molecule has 0 saturated heterocycles. The van der Waals surface area contributed by atoms with Gasteiger partial charge in [-0.2, -0.15) is 0 Å². The van der Waals surface area contributed by atoms with Crippen molar-refractivity contribution >= 4 is 50.0 Å². The van der Waals surface area contributed by atoms with Gasteiger partial charge in [-0.05, 0) is 37.5 Å². The van der Waals surface area contributed by atoms with Gasteiger partial charge in [-0.25, -0.2) is 13.2 Å².